The molecule has 1 aromatic heterocycles. The third kappa shape index (κ3) is 6.12. The lowest BCUT2D eigenvalue weighted by Crippen LogP contribution is -2.11. The average molecular weight is 829 g/mol. The Morgan fingerprint density at radius 3 is 1.75 bits per heavy atom. The Labute approximate surface area is 377 Å². The van der Waals surface area contributed by atoms with Gasteiger partial charge in [0.15, 0.2) is 11.5 Å². The van der Waals surface area contributed by atoms with E-state index in [4.69, 9.17) is 4.74 Å². The first-order chi connectivity index (χ1) is 32.2. The summed E-state index contributed by atoms with van der Waals surface area (Å²) in [4.78, 5) is 2.41. The summed E-state index contributed by atoms with van der Waals surface area (Å²) in [5, 5.41) is 7.34. The molecular formula is C62H40N2O. The fraction of sp³-hybridized carbons (Fsp3) is 0. The molecule has 1 aliphatic rings. The van der Waals surface area contributed by atoms with Crippen LogP contribution in [0.25, 0.3) is 93.5 Å². The minimum atomic E-state index is 0.866. The highest BCUT2D eigenvalue weighted by Gasteiger charge is 2.25. The molecule has 0 unspecified atom stereocenters. The van der Waals surface area contributed by atoms with Crippen molar-refractivity contribution in [2.45, 2.75) is 0 Å². The van der Waals surface area contributed by atoms with E-state index in [1.54, 1.807) is 0 Å². The lowest BCUT2D eigenvalue weighted by Gasteiger charge is -2.28. The van der Waals surface area contributed by atoms with Crippen molar-refractivity contribution in [2.75, 3.05) is 4.90 Å². The van der Waals surface area contributed by atoms with Gasteiger partial charge in [0.05, 0.1) is 22.4 Å². The molecule has 3 heteroatoms. The zero-order chi connectivity index (χ0) is 42.8. The maximum atomic E-state index is 6.45. The van der Waals surface area contributed by atoms with E-state index in [1.165, 1.54) is 65.7 Å². The zero-order valence-electron chi connectivity index (χ0n) is 35.4. The Balaban J connectivity index is 0.953. The topological polar surface area (TPSA) is 17.4 Å². The van der Waals surface area contributed by atoms with Crippen molar-refractivity contribution < 1.29 is 4.74 Å². The van der Waals surface area contributed by atoms with E-state index < -0.39 is 0 Å². The van der Waals surface area contributed by atoms with E-state index in [2.05, 4.69) is 240 Å². The Kier molecular flexibility index (Phi) is 8.53. The van der Waals surface area contributed by atoms with E-state index in [9.17, 15) is 0 Å². The van der Waals surface area contributed by atoms with Gasteiger partial charge in [0.2, 0.25) is 0 Å². The van der Waals surface area contributed by atoms with E-state index >= 15 is 0 Å². The highest BCUT2D eigenvalue weighted by Crippen LogP contribution is 2.48. The quantitative estimate of drug-likeness (QED) is 0.159. The molecule has 304 valence electrons. The molecular weight excluding hydrogens is 789 g/mol. The molecule has 0 radical (unpaired) electrons. The number of anilines is 3. The number of hydrogen-bond acceptors (Lipinski definition) is 2. The van der Waals surface area contributed by atoms with E-state index in [-0.39, 0.29) is 0 Å². The van der Waals surface area contributed by atoms with Gasteiger partial charge in [-0.15, -0.1) is 0 Å². The molecule has 65 heavy (non-hydrogen) atoms. The van der Waals surface area contributed by atoms with Gasteiger partial charge in [0.1, 0.15) is 0 Å². The van der Waals surface area contributed by atoms with Crippen molar-refractivity contribution in [3.8, 4) is 61.7 Å². The highest BCUT2D eigenvalue weighted by molar-refractivity contribution is 6.13. The molecule has 0 saturated heterocycles. The van der Waals surface area contributed by atoms with Crippen molar-refractivity contribution in [2.24, 2.45) is 0 Å². The molecule has 0 N–H and O–H groups in total. The van der Waals surface area contributed by atoms with Crippen molar-refractivity contribution in [1.29, 1.82) is 0 Å². The molecule has 2 heterocycles. The van der Waals surface area contributed by atoms with Gasteiger partial charge < -0.3 is 14.2 Å². The van der Waals surface area contributed by atoms with Gasteiger partial charge in [0, 0.05) is 27.7 Å². The Bertz CT molecular complexity index is 3800. The molecule has 0 amide bonds. The van der Waals surface area contributed by atoms with Crippen LogP contribution in [0.3, 0.4) is 0 Å². The maximum Gasteiger partial charge on any atom is 0.152 e. The minimum absolute atomic E-state index is 0.866. The van der Waals surface area contributed by atoms with Crippen molar-refractivity contribution in [1.82, 2.24) is 4.57 Å². The van der Waals surface area contributed by atoms with Crippen molar-refractivity contribution >= 4 is 60.4 Å². The van der Waals surface area contributed by atoms with Crippen LogP contribution in [0.5, 0.6) is 11.5 Å². The molecule has 12 aromatic rings. The fourth-order valence-electron chi connectivity index (χ4n) is 10.1. The summed E-state index contributed by atoms with van der Waals surface area (Å²) in [6, 6.07) is 87.8. The Morgan fingerprint density at radius 2 is 0.908 bits per heavy atom. The van der Waals surface area contributed by atoms with Gasteiger partial charge in [0.25, 0.3) is 0 Å². The normalized spacial score (nSPS) is 11.8. The molecule has 0 fully saturated rings. The van der Waals surface area contributed by atoms with E-state index in [0.717, 1.165) is 56.4 Å². The molecule has 3 nitrogen and oxygen atoms in total. The van der Waals surface area contributed by atoms with Gasteiger partial charge in [-0.1, -0.05) is 176 Å². The van der Waals surface area contributed by atoms with Crippen LogP contribution in [0.15, 0.2) is 243 Å². The van der Waals surface area contributed by atoms with Crippen molar-refractivity contribution in [3.63, 3.8) is 0 Å². The number of para-hydroxylation sites is 4. The van der Waals surface area contributed by atoms with E-state index in [0.29, 0.717) is 0 Å². The van der Waals surface area contributed by atoms with Crippen LogP contribution >= 0.6 is 0 Å². The molecule has 0 aliphatic carbocycles. The number of fused-ring (bicyclic) bond motifs is 7. The number of aromatic nitrogens is 1. The van der Waals surface area contributed by atoms with Crippen LogP contribution in [0, 0.1) is 0 Å². The highest BCUT2D eigenvalue weighted by atomic mass is 16.5. The first-order valence-corrected chi connectivity index (χ1v) is 22.2. The monoisotopic (exact) mass is 828 g/mol. The SMILES string of the molecule is c1ccc2c(c1)Oc1cccc3c4cc(-c5ccccc5N(c5ccc(-c6ccc7ccccc7c6)cc5)c5ccc(-c6ccccc6-c6cccc7ccccc67)cc5)ccc4n-2c13. The first kappa shape index (κ1) is 36.9. The third-order valence-corrected chi connectivity index (χ3v) is 13.2. The summed E-state index contributed by atoms with van der Waals surface area (Å²) in [5.74, 6) is 1.74. The Morgan fingerprint density at radius 1 is 0.323 bits per heavy atom. The lowest BCUT2D eigenvalue weighted by atomic mass is 9.91. The van der Waals surface area contributed by atoms with Crippen LogP contribution in [-0.4, -0.2) is 4.57 Å². The van der Waals surface area contributed by atoms with Crippen LogP contribution in [0.2, 0.25) is 0 Å². The third-order valence-electron chi connectivity index (χ3n) is 13.2. The summed E-state index contributed by atoms with van der Waals surface area (Å²) in [7, 11) is 0. The number of nitrogens with zero attached hydrogens (tertiary/aromatic N) is 2. The smallest absolute Gasteiger partial charge is 0.152 e. The summed E-state index contributed by atoms with van der Waals surface area (Å²) in [6.07, 6.45) is 0. The van der Waals surface area contributed by atoms with Gasteiger partial charge in [-0.25, -0.2) is 0 Å². The van der Waals surface area contributed by atoms with Crippen molar-refractivity contribution in [3.05, 3.63) is 243 Å². The molecule has 0 atom stereocenters. The zero-order valence-corrected chi connectivity index (χ0v) is 35.4. The molecule has 13 rings (SSSR count). The second-order valence-electron chi connectivity index (χ2n) is 16.9. The van der Waals surface area contributed by atoms with Gasteiger partial charge in [-0.2, -0.15) is 0 Å². The molecule has 11 aromatic carbocycles. The second kappa shape index (κ2) is 15.0. The predicted molar refractivity (Wildman–Crippen MR) is 272 cm³/mol. The molecule has 0 spiro atoms. The number of rotatable bonds is 7. The summed E-state index contributed by atoms with van der Waals surface area (Å²) < 4.78 is 8.81. The average Bonchev–Trinajstić information content (AvgIpc) is 3.71. The lowest BCUT2D eigenvalue weighted by molar-refractivity contribution is 0.476. The van der Waals surface area contributed by atoms with Crippen LogP contribution in [0.4, 0.5) is 17.1 Å². The maximum absolute atomic E-state index is 6.45. The van der Waals surface area contributed by atoms with Crippen LogP contribution in [0.1, 0.15) is 0 Å². The first-order valence-electron chi connectivity index (χ1n) is 22.2. The van der Waals surface area contributed by atoms with Gasteiger partial charge >= 0.3 is 0 Å². The standard InChI is InChI=1S/C62H40N2O/c1-2-15-45-39-46(28-27-41(45)13-1)42-29-34-48(35-30-42)63(49-36-31-44(32-37-49)51-18-5-6-20-53(51)54-21-11-16-43-14-3-4-17-50(43)54)57-23-8-7-19-52(57)47-33-38-58-56(40-47)55-22-12-26-61-62(55)64(58)59-24-9-10-25-60(59)65-61/h1-40H. The largest absolute Gasteiger partial charge is 0.453 e. The number of ether oxygens (including phenoxy) is 1. The van der Waals surface area contributed by atoms with Crippen LogP contribution in [-0.2, 0) is 0 Å². The molecule has 1 aliphatic heterocycles. The van der Waals surface area contributed by atoms with Gasteiger partial charge in [-0.05, 0) is 127 Å². The summed E-state index contributed by atoms with van der Waals surface area (Å²) >= 11 is 0. The molecule has 0 bridgehead atoms. The fourth-order valence-corrected chi connectivity index (χ4v) is 10.1. The predicted octanol–water partition coefficient (Wildman–Crippen LogP) is 17.3. The number of benzene rings is 11. The second-order valence-corrected chi connectivity index (χ2v) is 16.9. The number of hydrogen-bond donors (Lipinski definition) is 0. The summed E-state index contributed by atoms with van der Waals surface area (Å²) in [5.41, 5.74) is 16.0. The van der Waals surface area contributed by atoms with Crippen LogP contribution < -0.4 is 9.64 Å². The molecule has 0 saturated carbocycles. The van der Waals surface area contributed by atoms with E-state index in [1.807, 2.05) is 12.1 Å². The van der Waals surface area contributed by atoms with Gasteiger partial charge in [-0.3, -0.25) is 0 Å². The summed E-state index contributed by atoms with van der Waals surface area (Å²) in [6.45, 7) is 0. The Hall–Kier alpha value is -8.66. The minimum Gasteiger partial charge on any atom is -0.453 e.